The van der Waals surface area contributed by atoms with Gasteiger partial charge in [-0.05, 0) is 26.0 Å². The third-order valence-corrected chi connectivity index (χ3v) is 3.62. The minimum absolute atomic E-state index is 0.0213. The summed E-state index contributed by atoms with van der Waals surface area (Å²) >= 11 is 3.59. The average Bonchev–Trinajstić information content (AvgIpc) is 2.39. The molecule has 1 aliphatic rings. The fourth-order valence-electron chi connectivity index (χ4n) is 2.12. The van der Waals surface area contributed by atoms with Crippen LogP contribution in [-0.2, 0) is 4.74 Å². The van der Waals surface area contributed by atoms with Gasteiger partial charge in [0, 0.05) is 23.1 Å². The maximum atomic E-state index is 5.94. The van der Waals surface area contributed by atoms with E-state index in [0.29, 0.717) is 6.61 Å². The maximum absolute atomic E-state index is 5.94. The number of ether oxygens (including phenoxy) is 3. The zero-order valence-corrected chi connectivity index (χ0v) is 13.1. The molecule has 5 heteroatoms. The highest BCUT2D eigenvalue weighted by atomic mass is 79.9. The Balaban J connectivity index is 2.42. The quantitative estimate of drug-likeness (QED) is 0.921. The van der Waals surface area contributed by atoms with E-state index in [1.54, 1.807) is 7.11 Å². The van der Waals surface area contributed by atoms with Crippen molar-refractivity contribution in [2.24, 2.45) is 0 Å². The summed E-state index contributed by atoms with van der Waals surface area (Å²) in [5.74, 6) is 1.50. The number of nitrogens with one attached hydrogen (secondary N) is 1. The van der Waals surface area contributed by atoms with Gasteiger partial charge in [0.05, 0.1) is 25.9 Å². The van der Waals surface area contributed by atoms with Gasteiger partial charge in [-0.15, -0.1) is 0 Å². The van der Waals surface area contributed by atoms with Crippen LogP contribution in [0.1, 0.15) is 25.5 Å². The van der Waals surface area contributed by atoms with Crippen LogP contribution in [-0.4, -0.2) is 32.9 Å². The first kappa shape index (κ1) is 14.6. The minimum atomic E-state index is -0.0213. The van der Waals surface area contributed by atoms with Gasteiger partial charge < -0.3 is 19.5 Å². The molecule has 4 nitrogen and oxygen atoms in total. The Morgan fingerprint density at radius 1 is 1.42 bits per heavy atom. The molecule has 0 spiro atoms. The van der Waals surface area contributed by atoms with Crippen LogP contribution in [0.3, 0.4) is 0 Å². The van der Waals surface area contributed by atoms with E-state index in [1.807, 2.05) is 26.0 Å². The fraction of sp³-hybridized carbons (Fsp3) is 0.571. The van der Waals surface area contributed by atoms with E-state index >= 15 is 0 Å². The van der Waals surface area contributed by atoms with Crippen molar-refractivity contribution in [3.8, 4) is 11.5 Å². The van der Waals surface area contributed by atoms with Crippen LogP contribution in [0, 0.1) is 0 Å². The van der Waals surface area contributed by atoms with E-state index in [2.05, 4.69) is 21.2 Å². The lowest BCUT2D eigenvalue weighted by molar-refractivity contribution is 0.0246. The Hall–Kier alpha value is -0.780. The first-order valence-electron chi connectivity index (χ1n) is 6.48. The lowest BCUT2D eigenvalue weighted by Gasteiger charge is -2.28. The van der Waals surface area contributed by atoms with Crippen molar-refractivity contribution in [2.45, 2.75) is 26.1 Å². The van der Waals surface area contributed by atoms with Gasteiger partial charge in [-0.3, -0.25) is 0 Å². The van der Waals surface area contributed by atoms with Gasteiger partial charge in [-0.25, -0.2) is 0 Å². The summed E-state index contributed by atoms with van der Waals surface area (Å²) in [6.07, 6.45) is 0.0606. The third-order valence-electron chi connectivity index (χ3n) is 2.93. The van der Waals surface area contributed by atoms with Crippen molar-refractivity contribution in [1.29, 1.82) is 0 Å². The molecule has 1 N–H and O–H groups in total. The summed E-state index contributed by atoms with van der Waals surface area (Å²) in [6, 6.07) is 3.88. The van der Waals surface area contributed by atoms with Gasteiger partial charge >= 0.3 is 0 Å². The van der Waals surface area contributed by atoms with E-state index in [-0.39, 0.29) is 12.2 Å². The molecule has 1 aromatic rings. The molecule has 1 aromatic carbocycles. The molecule has 0 saturated carbocycles. The minimum Gasteiger partial charge on any atom is -0.493 e. The molecule has 19 heavy (non-hydrogen) atoms. The van der Waals surface area contributed by atoms with Crippen LogP contribution in [0.25, 0.3) is 0 Å². The topological polar surface area (TPSA) is 39.7 Å². The molecule has 0 aromatic heterocycles. The summed E-state index contributed by atoms with van der Waals surface area (Å²) in [4.78, 5) is 0. The van der Waals surface area contributed by atoms with Crippen LogP contribution in [0.4, 0.5) is 0 Å². The van der Waals surface area contributed by atoms with E-state index in [4.69, 9.17) is 14.2 Å². The van der Waals surface area contributed by atoms with Crippen molar-refractivity contribution < 1.29 is 14.2 Å². The summed E-state index contributed by atoms with van der Waals surface area (Å²) < 4.78 is 18.2. The molecule has 1 aliphatic heterocycles. The van der Waals surface area contributed by atoms with Crippen molar-refractivity contribution in [2.75, 3.05) is 26.8 Å². The van der Waals surface area contributed by atoms with Gasteiger partial charge in [-0.2, -0.15) is 0 Å². The molecule has 1 fully saturated rings. The van der Waals surface area contributed by atoms with Crippen LogP contribution in [0.15, 0.2) is 16.6 Å². The molecule has 1 unspecified atom stereocenters. The van der Waals surface area contributed by atoms with E-state index in [9.17, 15) is 0 Å². The van der Waals surface area contributed by atoms with E-state index < -0.39 is 0 Å². The second-order valence-electron chi connectivity index (χ2n) is 4.72. The Morgan fingerprint density at radius 3 is 2.79 bits per heavy atom. The van der Waals surface area contributed by atoms with Crippen LogP contribution in [0.5, 0.6) is 11.5 Å². The van der Waals surface area contributed by atoms with Crippen LogP contribution >= 0.6 is 15.9 Å². The predicted molar refractivity (Wildman–Crippen MR) is 78.0 cm³/mol. The summed E-state index contributed by atoms with van der Waals surface area (Å²) in [5, 5.41) is 3.34. The van der Waals surface area contributed by atoms with Gasteiger partial charge in [0.1, 0.15) is 0 Å². The van der Waals surface area contributed by atoms with E-state index in [1.165, 1.54) is 0 Å². The van der Waals surface area contributed by atoms with Gasteiger partial charge in [0.25, 0.3) is 0 Å². The predicted octanol–water partition coefficient (Wildman–Crippen LogP) is 2.91. The molecular weight excluding hydrogens is 310 g/mol. The third kappa shape index (κ3) is 3.41. The number of benzene rings is 1. The molecular formula is C14H20BrNO3. The normalized spacial score (nSPS) is 19.5. The molecule has 106 valence electrons. The molecule has 2 rings (SSSR count). The first-order valence-corrected chi connectivity index (χ1v) is 7.28. The highest BCUT2D eigenvalue weighted by molar-refractivity contribution is 9.10. The Labute approximate surface area is 122 Å². The smallest absolute Gasteiger partial charge is 0.168 e. The Kier molecular flexibility index (Phi) is 5.07. The summed E-state index contributed by atoms with van der Waals surface area (Å²) in [6.45, 7) is 6.38. The number of hydrogen-bond donors (Lipinski definition) is 1. The zero-order chi connectivity index (χ0) is 13.8. The monoisotopic (exact) mass is 329 g/mol. The highest BCUT2D eigenvalue weighted by Crippen LogP contribution is 2.41. The largest absolute Gasteiger partial charge is 0.493 e. The highest BCUT2D eigenvalue weighted by Gasteiger charge is 2.25. The average molecular weight is 330 g/mol. The molecule has 0 radical (unpaired) electrons. The number of rotatable bonds is 4. The fourth-order valence-corrected chi connectivity index (χ4v) is 2.69. The van der Waals surface area contributed by atoms with Gasteiger partial charge in [-0.1, -0.05) is 15.9 Å². The zero-order valence-electron chi connectivity index (χ0n) is 11.5. The second-order valence-corrected chi connectivity index (χ2v) is 5.58. The number of halogens is 1. The SMILES string of the molecule is COc1ccc(Br)c(C2CNCCO2)c1OC(C)C. The second kappa shape index (κ2) is 6.59. The van der Waals surface area contributed by atoms with Gasteiger partial charge in [0.15, 0.2) is 11.5 Å². The summed E-state index contributed by atoms with van der Waals surface area (Å²) in [7, 11) is 1.65. The molecule has 1 saturated heterocycles. The lowest BCUT2D eigenvalue weighted by Crippen LogP contribution is -2.33. The van der Waals surface area contributed by atoms with Crippen molar-refractivity contribution in [3.63, 3.8) is 0 Å². The van der Waals surface area contributed by atoms with Crippen LogP contribution < -0.4 is 14.8 Å². The molecule has 0 amide bonds. The molecule has 0 bridgehead atoms. The van der Waals surface area contributed by atoms with Crippen LogP contribution in [0.2, 0.25) is 0 Å². The first-order chi connectivity index (χ1) is 9.13. The van der Waals surface area contributed by atoms with Crippen molar-refractivity contribution in [3.05, 3.63) is 22.2 Å². The van der Waals surface area contributed by atoms with Crippen molar-refractivity contribution >= 4 is 15.9 Å². The number of hydrogen-bond acceptors (Lipinski definition) is 4. The number of morpholine rings is 1. The number of methoxy groups -OCH3 is 1. The molecule has 0 aliphatic carbocycles. The van der Waals surface area contributed by atoms with E-state index in [0.717, 1.165) is 34.6 Å². The standard InChI is InChI=1S/C14H20BrNO3/c1-9(2)19-14-11(17-3)5-4-10(15)13(14)12-8-16-6-7-18-12/h4-5,9,12,16H,6-8H2,1-3H3. The van der Waals surface area contributed by atoms with Gasteiger partial charge in [0.2, 0.25) is 0 Å². The Bertz CT molecular complexity index is 431. The maximum Gasteiger partial charge on any atom is 0.168 e. The lowest BCUT2D eigenvalue weighted by atomic mass is 10.1. The summed E-state index contributed by atoms with van der Waals surface area (Å²) in [5.41, 5.74) is 1.01. The van der Waals surface area contributed by atoms with Crippen molar-refractivity contribution in [1.82, 2.24) is 5.32 Å². The molecule has 1 atom stereocenters. The molecule has 1 heterocycles. The Morgan fingerprint density at radius 2 is 2.21 bits per heavy atom.